The number of carbonyl (C=O) groups is 1. The number of unbranched alkanes of at least 4 members (excludes halogenated alkanes) is 5. The van der Waals surface area contributed by atoms with Crippen molar-refractivity contribution < 1.29 is 30.0 Å². The molecule has 4 N–H and O–H groups in total. The molecule has 0 aliphatic rings. The number of aliphatic hydroxyl groups is 3. The lowest BCUT2D eigenvalue weighted by Crippen LogP contribution is -2.15. The first-order chi connectivity index (χ1) is 11.6. The minimum atomic E-state index is -0.954. The molecule has 0 bridgehead atoms. The number of benzene rings is 1. The molecule has 138 valence electrons. The number of carboxylic acid groups (broad SMARTS) is 1. The summed E-state index contributed by atoms with van der Waals surface area (Å²) in [5.41, 5.74) is 0.239. The summed E-state index contributed by atoms with van der Waals surface area (Å²) in [6.45, 7) is 2.06. The van der Waals surface area contributed by atoms with Crippen LogP contribution < -0.4 is 4.74 Å². The van der Waals surface area contributed by atoms with Crippen molar-refractivity contribution in [1.82, 2.24) is 0 Å². The van der Waals surface area contributed by atoms with Crippen LogP contribution in [0.4, 0.5) is 0 Å². The maximum atomic E-state index is 10.9. The third kappa shape index (κ3) is 11.0. The molecular weight excluding hydrogens is 312 g/mol. The molecule has 0 amide bonds. The highest BCUT2D eigenvalue weighted by Crippen LogP contribution is 2.18. The number of rotatable bonds is 11. The van der Waals surface area contributed by atoms with Crippen LogP contribution >= 0.6 is 0 Å². The molecule has 1 rings (SSSR count). The van der Waals surface area contributed by atoms with Crippen molar-refractivity contribution >= 4 is 5.97 Å². The van der Waals surface area contributed by atoms with E-state index in [1.54, 1.807) is 24.3 Å². The second kappa shape index (κ2) is 14.9. The molecular formula is C18H30O6. The normalized spacial score (nSPS) is 10.2. The van der Waals surface area contributed by atoms with Crippen LogP contribution in [0.5, 0.6) is 5.75 Å². The topological polar surface area (TPSA) is 107 Å². The van der Waals surface area contributed by atoms with E-state index in [0.717, 1.165) is 12.8 Å². The van der Waals surface area contributed by atoms with Gasteiger partial charge in [-0.25, -0.2) is 4.79 Å². The Labute approximate surface area is 143 Å². The second-order valence-electron chi connectivity index (χ2n) is 5.44. The van der Waals surface area contributed by atoms with Crippen LogP contribution in [0.15, 0.2) is 24.3 Å². The number of para-hydroxylation sites is 1. The Bertz CT molecular complexity index is 431. The fourth-order valence-electron chi connectivity index (χ4n) is 1.89. The highest BCUT2D eigenvalue weighted by atomic mass is 16.5. The zero-order chi connectivity index (χ0) is 18.2. The van der Waals surface area contributed by atoms with Gasteiger partial charge in [-0.2, -0.15) is 0 Å². The van der Waals surface area contributed by atoms with Crippen LogP contribution in [0, 0.1) is 0 Å². The van der Waals surface area contributed by atoms with Gasteiger partial charge in [0.1, 0.15) is 17.4 Å². The lowest BCUT2D eigenvalue weighted by atomic mass is 10.1. The van der Waals surface area contributed by atoms with Crippen LogP contribution in [0.2, 0.25) is 0 Å². The van der Waals surface area contributed by atoms with Crippen molar-refractivity contribution in [3.63, 3.8) is 0 Å². The van der Waals surface area contributed by atoms with Crippen LogP contribution in [0.3, 0.4) is 0 Å². The van der Waals surface area contributed by atoms with Crippen molar-refractivity contribution in [2.24, 2.45) is 0 Å². The van der Waals surface area contributed by atoms with E-state index < -0.39 is 12.1 Å². The molecule has 0 spiro atoms. The summed E-state index contributed by atoms with van der Waals surface area (Å²) in [5, 5.41) is 33.0. The van der Waals surface area contributed by atoms with Crippen LogP contribution in [-0.2, 0) is 0 Å². The zero-order valence-electron chi connectivity index (χ0n) is 14.4. The molecule has 0 atom stereocenters. The lowest BCUT2D eigenvalue weighted by Gasteiger charge is -2.08. The molecule has 0 fully saturated rings. The van der Waals surface area contributed by atoms with Crippen molar-refractivity contribution in [2.75, 3.05) is 19.8 Å². The Morgan fingerprint density at radius 1 is 1.04 bits per heavy atom. The smallest absolute Gasteiger partial charge is 0.339 e. The van der Waals surface area contributed by atoms with E-state index in [0.29, 0.717) is 12.4 Å². The molecule has 1 aromatic rings. The standard InChI is InChI=1S/C15H22O3.C3H8O3/c1-2-3-4-5-6-9-12-18-14-11-8-7-10-13(14)15(16)17;4-1-3(6)2-5/h7-8,10-11H,2-6,9,12H2,1H3,(H,16,17);3-6H,1-2H2. The first kappa shape index (κ1) is 22.4. The zero-order valence-corrected chi connectivity index (χ0v) is 14.4. The van der Waals surface area contributed by atoms with E-state index in [9.17, 15) is 4.79 Å². The molecule has 0 saturated carbocycles. The Hall–Kier alpha value is -1.63. The average molecular weight is 342 g/mol. The summed E-state index contributed by atoms with van der Waals surface area (Å²) >= 11 is 0. The largest absolute Gasteiger partial charge is 0.493 e. The number of aromatic carboxylic acids is 1. The van der Waals surface area contributed by atoms with Crippen LogP contribution in [0.25, 0.3) is 0 Å². The summed E-state index contributed by atoms with van der Waals surface area (Å²) in [6.07, 6.45) is 6.24. The molecule has 0 aliphatic carbocycles. The minimum Gasteiger partial charge on any atom is -0.493 e. The van der Waals surface area contributed by atoms with Gasteiger partial charge in [-0.3, -0.25) is 0 Å². The summed E-state index contributed by atoms with van der Waals surface area (Å²) in [5.74, 6) is -0.466. The summed E-state index contributed by atoms with van der Waals surface area (Å²) in [7, 11) is 0. The number of carboxylic acids is 1. The molecule has 0 unspecified atom stereocenters. The van der Waals surface area contributed by atoms with Crippen LogP contribution in [0.1, 0.15) is 55.8 Å². The van der Waals surface area contributed by atoms with Crippen molar-refractivity contribution in [2.45, 2.75) is 51.6 Å². The van der Waals surface area contributed by atoms with Gasteiger partial charge in [0.25, 0.3) is 0 Å². The highest BCUT2D eigenvalue weighted by Gasteiger charge is 2.09. The van der Waals surface area contributed by atoms with Gasteiger partial charge in [0.05, 0.1) is 19.8 Å². The average Bonchev–Trinajstić information content (AvgIpc) is 2.61. The van der Waals surface area contributed by atoms with Crippen molar-refractivity contribution in [3.8, 4) is 5.75 Å². The number of hydrogen-bond acceptors (Lipinski definition) is 5. The van der Waals surface area contributed by atoms with E-state index in [1.165, 1.54) is 25.7 Å². The molecule has 1 aromatic carbocycles. The molecule has 0 heterocycles. The van der Waals surface area contributed by atoms with Gasteiger partial charge < -0.3 is 25.2 Å². The maximum absolute atomic E-state index is 10.9. The fourth-order valence-corrected chi connectivity index (χ4v) is 1.89. The summed E-state index contributed by atoms with van der Waals surface area (Å²) in [6, 6.07) is 6.78. The molecule has 6 nitrogen and oxygen atoms in total. The summed E-state index contributed by atoms with van der Waals surface area (Å²) < 4.78 is 5.52. The van der Waals surface area contributed by atoms with E-state index in [2.05, 4.69) is 6.92 Å². The van der Waals surface area contributed by atoms with Gasteiger partial charge in [-0.05, 0) is 18.6 Å². The molecule has 0 radical (unpaired) electrons. The van der Waals surface area contributed by atoms with Gasteiger partial charge in [0.15, 0.2) is 0 Å². The molecule has 0 saturated heterocycles. The molecule has 0 aliphatic heterocycles. The van der Waals surface area contributed by atoms with Gasteiger partial charge in [-0.15, -0.1) is 0 Å². The Balaban J connectivity index is 0.000000754. The SMILES string of the molecule is CCCCCCCCOc1ccccc1C(=O)O.OCC(O)CO. The molecule has 0 aromatic heterocycles. The van der Waals surface area contributed by atoms with Gasteiger partial charge in [0, 0.05) is 0 Å². The highest BCUT2D eigenvalue weighted by molar-refractivity contribution is 5.90. The first-order valence-corrected chi connectivity index (χ1v) is 8.41. The van der Waals surface area contributed by atoms with Crippen LogP contribution in [-0.4, -0.2) is 52.3 Å². The number of hydrogen-bond donors (Lipinski definition) is 4. The Morgan fingerprint density at radius 2 is 1.62 bits per heavy atom. The first-order valence-electron chi connectivity index (χ1n) is 8.41. The van der Waals surface area contributed by atoms with E-state index in [1.807, 2.05) is 0 Å². The maximum Gasteiger partial charge on any atom is 0.339 e. The third-order valence-electron chi connectivity index (χ3n) is 3.29. The van der Waals surface area contributed by atoms with Gasteiger partial charge in [0.2, 0.25) is 0 Å². The van der Waals surface area contributed by atoms with Gasteiger partial charge >= 0.3 is 5.97 Å². The number of ether oxygens (including phenoxy) is 1. The lowest BCUT2D eigenvalue weighted by molar-refractivity contribution is 0.0450. The monoisotopic (exact) mass is 342 g/mol. The van der Waals surface area contributed by atoms with E-state index >= 15 is 0 Å². The summed E-state index contributed by atoms with van der Waals surface area (Å²) in [4.78, 5) is 10.9. The quantitative estimate of drug-likeness (QED) is 0.460. The second-order valence-corrected chi connectivity index (χ2v) is 5.44. The van der Waals surface area contributed by atoms with E-state index in [-0.39, 0.29) is 18.8 Å². The van der Waals surface area contributed by atoms with Gasteiger partial charge in [-0.1, -0.05) is 51.2 Å². The van der Waals surface area contributed by atoms with Crippen molar-refractivity contribution in [1.29, 1.82) is 0 Å². The predicted octanol–water partition coefficient (Wildman–Crippen LogP) is 2.46. The fraction of sp³-hybridized carbons (Fsp3) is 0.611. The predicted molar refractivity (Wildman–Crippen MR) is 92.5 cm³/mol. The minimum absolute atomic E-state index is 0.239. The van der Waals surface area contributed by atoms with Crippen molar-refractivity contribution in [3.05, 3.63) is 29.8 Å². The molecule has 24 heavy (non-hydrogen) atoms. The molecule has 6 heteroatoms. The Morgan fingerprint density at radius 3 is 2.17 bits per heavy atom. The number of aliphatic hydroxyl groups excluding tert-OH is 3. The third-order valence-corrected chi connectivity index (χ3v) is 3.29. The Kier molecular flexibility index (Phi) is 13.9. The van der Waals surface area contributed by atoms with E-state index in [4.69, 9.17) is 25.2 Å².